The number of hydrogen-bond acceptors (Lipinski definition) is 9. The molecule has 0 atom stereocenters. The molecule has 1 amide bonds. The highest BCUT2D eigenvalue weighted by atomic mass is 32.2. The Balaban J connectivity index is 1.40. The average molecular weight is 452 g/mol. The van der Waals surface area contributed by atoms with Gasteiger partial charge in [-0.2, -0.15) is 10.0 Å². The number of hydrogen-bond donors (Lipinski definition) is 1. The SMILES string of the molecule is N=C1/C(=C\c2ccc(-c3cccc([N+](=O)[O-])c3)o2)C(=O)N=C2SC(N3CCOCC3)=NN12. The van der Waals surface area contributed by atoms with Gasteiger partial charge in [0.15, 0.2) is 11.0 Å². The minimum absolute atomic E-state index is 0.0428. The van der Waals surface area contributed by atoms with Crippen molar-refractivity contribution in [3.8, 4) is 11.3 Å². The third-order valence-corrected chi connectivity index (χ3v) is 5.95. The molecule has 5 rings (SSSR count). The van der Waals surface area contributed by atoms with Crippen molar-refractivity contribution >= 4 is 45.6 Å². The number of fused-ring (bicyclic) bond motifs is 1. The summed E-state index contributed by atoms with van der Waals surface area (Å²) in [5, 5.41) is 26.3. The number of nitro groups is 1. The molecule has 4 heterocycles. The maximum absolute atomic E-state index is 12.6. The predicted octanol–water partition coefficient (Wildman–Crippen LogP) is 2.76. The van der Waals surface area contributed by atoms with Crippen LogP contribution in [-0.4, -0.2) is 63.2 Å². The van der Waals surface area contributed by atoms with E-state index in [0.717, 1.165) is 0 Å². The lowest BCUT2D eigenvalue weighted by molar-refractivity contribution is -0.384. The van der Waals surface area contributed by atoms with Gasteiger partial charge in [-0.1, -0.05) is 12.1 Å². The van der Waals surface area contributed by atoms with Gasteiger partial charge in [-0.15, -0.1) is 5.10 Å². The van der Waals surface area contributed by atoms with Crippen LogP contribution < -0.4 is 0 Å². The maximum atomic E-state index is 12.6. The van der Waals surface area contributed by atoms with Gasteiger partial charge in [0.05, 0.1) is 23.7 Å². The molecule has 3 aliphatic rings. The molecule has 0 spiro atoms. The fraction of sp³-hybridized carbons (Fsp3) is 0.200. The minimum Gasteiger partial charge on any atom is -0.457 e. The molecule has 1 aromatic heterocycles. The average Bonchev–Trinajstić information content (AvgIpc) is 3.45. The van der Waals surface area contributed by atoms with Crippen LogP contribution in [0.2, 0.25) is 0 Å². The fourth-order valence-electron chi connectivity index (χ4n) is 3.37. The Hall–Kier alpha value is -3.77. The number of amidine groups is 3. The Kier molecular flexibility index (Phi) is 5.07. The second-order valence-electron chi connectivity index (χ2n) is 7.01. The number of ether oxygens (including phenoxy) is 1. The van der Waals surface area contributed by atoms with Crippen LogP contribution in [0, 0.1) is 15.5 Å². The number of rotatable bonds is 3. The normalized spacial score (nSPS) is 19.8. The summed E-state index contributed by atoms with van der Waals surface area (Å²) in [6.45, 7) is 2.56. The number of nitrogens with zero attached hydrogens (tertiary/aromatic N) is 5. The first-order valence-corrected chi connectivity index (χ1v) is 10.5. The van der Waals surface area contributed by atoms with Crippen molar-refractivity contribution in [2.45, 2.75) is 0 Å². The highest BCUT2D eigenvalue weighted by molar-refractivity contribution is 8.26. The second-order valence-corrected chi connectivity index (χ2v) is 7.95. The van der Waals surface area contributed by atoms with E-state index in [9.17, 15) is 14.9 Å². The lowest BCUT2D eigenvalue weighted by atomic mass is 10.1. The molecular formula is C20H16N6O5S. The van der Waals surface area contributed by atoms with E-state index in [0.29, 0.717) is 53.7 Å². The first-order valence-electron chi connectivity index (χ1n) is 9.67. The highest BCUT2D eigenvalue weighted by Gasteiger charge is 2.37. The van der Waals surface area contributed by atoms with Gasteiger partial charge >= 0.3 is 0 Å². The quantitative estimate of drug-likeness (QED) is 0.426. The predicted molar refractivity (Wildman–Crippen MR) is 118 cm³/mol. The van der Waals surface area contributed by atoms with E-state index < -0.39 is 10.8 Å². The van der Waals surface area contributed by atoms with E-state index in [1.54, 1.807) is 24.3 Å². The Morgan fingerprint density at radius 3 is 2.78 bits per heavy atom. The van der Waals surface area contributed by atoms with E-state index in [4.69, 9.17) is 14.6 Å². The first kappa shape index (κ1) is 20.2. The molecule has 0 radical (unpaired) electrons. The Bertz CT molecular complexity index is 1230. The number of nitrogens with one attached hydrogen (secondary N) is 1. The third-order valence-electron chi connectivity index (χ3n) is 4.98. The second kappa shape index (κ2) is 8.05. The molecule has 0 aliphatic carbocycles. The van der Waals surface area contributed by atoms with Crippen molar-refractivity contribution in [2.75, 3.05) is 26.3 Å². The smallest absolute Gasteiger partial charge is 0.283 e. The Morgan fingerprint density at radius 1 is 1.19 bits per heavy atom. The molecule has 3 aliphatic heterocycles. The maximum Gasteiger partial charge on any atom is 0.283 e. The number of benzene rings is 1. The van der Waals surface area contributed by atoms with E-state index >= 15 is 0 Å². The highest BCUT2D eigenvalue weighted by Crippen LogP contribution is 2.31. The van der Waals surface area contributed by atoms with Crippen molar-refractivity contribution in [1.29, 1.82) is 5.41 Å². The topological polar surface area (TPSA) is 138 Å². The number of aliphatic imine (C=N–C) groups is 1. The van der Waals surface area contributed by atoms with Crippen LogP contribution in [-0.2, 0) is 9.53 Å². The molecule has 162 valence electrons. The molecule has 1 saturated heterocycles. The molecular weight excluding hydrogens is 436 g/mol. The van der Waals surface area contributed by atoms with Crippen molar-refractivity contribution in [3.05, 3.63) is 57.8 Å². The van der Waals surface area contributed by atoms with Gasteiger partial charge in [-0.25, -0.2) is 0 Å². The molecule has 1 fully saturated rings. The van der Waals surface area contributed by atoms with Gasteiger partial charge in [-0.3, -0.25) is 20.3 Å². The van der Waals surface area contributed by atoms with E-state index in [-0.39, 0.29) is 17.1 Å². The third kappa shape index (κ3) is 3.69. The molecule has 0 bridgehead atoms. The van der Waals surface area contributed by atoms with Crippen LogP contribution in [0.4, 0.5) is 5.69 Å². The summed E-state index contributed by atoms with van der Waals surface area (Å²) in [4.78, 5) is 29.2. The number of nitro benzene ring substituents is 1. The molecule has 11 nitrogen and oxygen atoms in total. The van der Waals surface area contributed by atoms with Crippen LogP contribution in [0.3, 0.4) is 0 Å². The molecule has 1 aromatic carbocycles. The number of carbonyl (C=O) groups excluding carboxylic acids is 1. The molecule has 0 saturated carbocycles. The van der Waals surface area contributed by atoms with Crippen LogP contribution >= 0.6 is 11.8 Å². The summed E-state index contributed by atoms with van der Waals surface area (Å²) in [6.07, 6.45) is 1.43. The van der Waals surface area contributed by atoms with Crippen LogP contribution in [0.5, 0.6) is 0 Å². The number of hydrazone groups is 1. The lowest BCUT2D eigenvalue weighted by Gasteiger charge is -2.26. The summed E-state index contributed by atoms with van der Waals surface area (Å²) in [5.74, 6) is 0.0795. The zero-order valence-electron chi connectivity index (χ0n) is 16.6. The van der Waals surface area contributed by atoms with Gasteiger partial charge in [0.1, 0.15) is 11.5 Å². The van der Waals surface area contributed by atoms with E-state index in [1.165, 1.54) is 35.0 Å². The summed E-state index contributed by atoms with van der Waals surface area (Å²) < 4.78 is 11.1. The van der Waals surface area contributed by atoms with Crippen LogP contribution in [0.15, 0.2) is 56.5 Å². The molecule has 12 heteroatoms. The van der Waals surface area contributed by atoms with Crippen molar-refractivity contribution in [2.24, 2.45) is 10.1 Å². The number of carbonyl (C=O) groups is 1. The minimum atomic E-state index is -0.555. The van der Waals surface area contributed by atoms with Crippen molar-refractivity contribution in [3.63, 3.8) is 0 Å². The molecule has 1 N–H and O–H groups in total. The number of amides is 1. The molecule has 2 aromatic rings. The monoisotopic (exact) mass is 452 g/mol. The number of non-ortho nitro benzene ring substituents is 1. The Morgan fingerprint density at radius 2 is 2.00 bits per heavy atom. The summed E-state index contributed by atoms with van der Waals surface area (Å²) >= 11 is 1.25. The Labute approximate surface area is 185 Å². The summed E-state index contributed by atoms with van der Waals surface area (Å²) in [5.41, 5.74) is 0.525. The van der Waals surface area contributed by atoms with Crippen LogP contribution in [0.1, 0.15) is 5.76 Å². The summed E-state index contributed by atoms with van der Waals surface area (Å²) in [6, 6.07) is 9.34. The number of thioether (sulfide) groups is 1. The zero-order chi connectivity index (χ0) is 22.2. The standard InChI is InChI=1S/C20H16N6O5S/c21-17-15(11-14-4-5-16(31-14)12-2-1-3-13(10-12)26(28)29)18(27)22-19-25(17)23-20(32-19)24-6-8-30-9-7-24/h1-5,10-11,21H,6-9H2/b15-11+,21-17?. The van der Waals surface area contributed by atoms with Crippen molar-refractivity contribution in [1.82, 2.24) is 9.91 Å². The zero-order valence-corrected chi connectivity index (χ0v) is 17.4. The van der Waals surface area contributed by atoms with Crippen LogP contribution in [0.25, 0.3) is 17.4 Å². The lowest BCUT2D eigenvalue weighted by Crippen LogP contribution is -2.39. The summed E-state index contributed by atoms with van der Waals surface area (Å²) in [7, 11) is 0. The molecule has 32 heavy (non-hydrogen) atoms. The molecule has 0 unspecified atom stereocenters. The van der Waals surface area contributed by atoms with Gasteiger partial charge in [0, 0.05) is 30.8 Å². The fourth-order valence-corrected chi connectivity index (χ4v) is 4.31. The van der Waals surface area contributed by atoms with Gasteiger partial charge < -0.3 is 14.1 Å². The first-order chi connectivity index (χ1) is 15.5. The van der Waals surface area contributed by atoms with E-state index in [2.05, 4.69) is 10.1 Å². The van der Waals surface area contributed by atoms with Gasteiger partial charge in [0.2, 0.25) is 5.17 Å². The van der Waals surface area contributed by atoms with Crippen molar-refractivity contribution < 1.29 is 18.9 Å². The van der Waals surface area contributed by atoms with Gasteiger partial charge in [0.25, 0.3) is 11.6 Å². The van der Waals surface area contributed by atoms with Gasteiger partial charge in [-0.05, 0) is 30.0 Å². The van der Waals surface area contributed by atoms with E-state index in [1.807, 2.05) is 4.90 Å². The number of morpholine rings is 1. The number of furan rings is 1. The largest absolute Gasteiger partial charge is 0.457 e.